The zero-order chi connectivity index (χ0) is 13.2. The Morgan fingerprint density at radius 3 is 2.83 bits per heavy atom. The highest BCUT2D eigenvalue weighted by atomic mass is 32.2. The zero-order valence-corrected chi connectivity index (χ0v) is 11.5. The van der Waals surface area contributed by atoms with Crippen molar-refractivity contribution in [2.45, 2.75) is 30.8 Å². The van der Waals surface area contributed by atoms with Crippen molar-refractivity contribution in [2.75, 3.05) is 20.3 Å². The Kier molecular flexibility index (Phi) is 4.04. The predicted molar refractivity (Wildman–Crippen MR) is 66.5 cm³/mol. The van der Waals surface area contributed by atoms with Gasteiger partial charge in [-0.05, 0) is 31.7 Å². The molecule has 1 heterocycles. The van der Waals surface area contributed by atoms with Gasteiger partial charge in [0.05, 0.1) is 12.8 Å². The first-order chi connectivity index (χ1) is 8.57. The molecule has 1 aromatic heterocycles. The van der Waals surface area contributed by atoms with Crippen LogP contribution in [0.25, 0.3) is 0 Å². The normalized spacial score (nSPS) is 18.2. The molecule has 0 spiro atoms. The molecular formula is C11H19N3O3S. The Bertz CT molecular complexity index is 468. The minimum Gasteiger partial charge on any atom is -0.383 e. The van der Waals surface area contributed by atoms with Gasteiger partial charge in [-0.25, -0.2) is 8.42 Å². The molecule has 1 N–H and O–H groups in total. The lowest BCUT2D eigenvalue weighted by molar-refractivity contribution is 0.164. The molecule has 0 bridgehead atoms. The molecule has 1 fully saturated rings. The van der Waals surface area contributed by atoms with Crippen molar-refractivity contribution in [3.05, 3.63) is 12.3 Å². The minimum absolute atomic E-state index is 0.00782. The molecule has 1 saturated carbocycles. The van der Waals surface area contributed by atoms with Crippen LogP contribution >= 0.6 is 0 Å². The number of hydrogen-bond donors (Lipinski definition) is 1. The first-order valence-electron chi connectivity index (χ1n) is 6.07. The highest BCUT2D eigenvalue weighted by Crippen LogP contribution is 2.36. The topological polar surface area (TPSA) is 75.3 Å². The van der Waals surface area contributed by atoms with E-state index in [1.54, 1.807) is 7.11 Å². The average Bonchev–Trinajstić information content (AvgIpc) is 3.03. The summed E-state index contributed by atoms with van der Waals surface area (Å²) in [4.78, 5) is 0. The van der Waals surface area contributed by atoms with Gasteiger partial charge in [-0.3, -0.25) is 5.10 Å². The van der Waals surface area contributed by atoms with E-state index in [4.69, 9.17) is 4.74 Å². The molecule has 0 aromatic carbocycles. The standard InChI is InChI=1S/C11H19N3O3S/c1-9(10-3-4-10)14(7-8-17-2)18(15,16)11-5-6-12-13-11/h5-6,9-10H,3-4,7-8H2,1-2H3,(H,12,13). The van der Waals surface area contributed by atoms with Gasteiger partial charge in [0, 0.05) is 19.7 Å². The first kappa shape index (κ1) is 13.5. The lowest BCUT2D eigenvalue weighted by Gasteiger charge is -2.27. The molecule has 0 saturated heterocycles. The Labute approximate surface area is 107 Å². The van der Waals surface area contributed by atoms with Crippen LogP contribution in [0.1, 0.15) is 19.8 Å². The molecule has 2 rings (SSSR count). The number of ether oxygens (including phenoxy) is 1. The summed E-state index contributed by atoms with van der Waals surface area (Å²) in [6, 6.07) is 1.49. The van der Waals surface area contributed by atoms with Crippen molar-refractivity contribution < 1.29 is 13.2 Å². The fraction of sp³-hybridized carbons (Fsp3) is 0.727. The second-order valence-corrected chi connectivity index (χ2v) is 6.47. The van der Waals surface area contributed by atoms with Crippen LogP contribution in [0.2, 0.25) is 0 Å². The Balaban J connectivity index is 2.21. The largest absolute Gasteiger partial charge is 0.383 e. The summed E-state index contributed by atoms with van der Waals surface area (Å²) in [5.41, 5.74) is 0. The SMILES string of the molecule is COCCN(C(C)C1CC1)S(=O)(=O)c1ccn[nH]1. The van der Waals surface area contributed by atoms with Crippen LogP contribution in [0.4, 0.5) is 0 Å². The third-order valence-electron chi connectivity index (χ3n) is 3.34. The first-order valence-corrected chi connectivity index (χ1v) is 7.51. The summed E-state index contributed by atoms with van der Waals surface area (Å²) in [5.74, 6) is 0.472. The zero-order valence-electron chi connectivity index (χ0n) is 10.7. The Hall–Kier alpha value is -0.920. The predicted octanol–water partition coefficient (Wildman–Crippen LogP) is 0.845. The maximum Gasteiger partial charge on any atom is 0.260 e. The summed E-state index contributed by atoms with van der Waals surface area (Å²) in [6.45, 7) is 2.72. The van der Waals surface area contributed by atoms with Gasteiger partial charge in [0.2, 0.25) is 0 Å². The molecule has 1 aliphatic carbocycles. The summed E-state index contributed by atoms with van der Waals surface area (Å²) < 4.78 is 31.5. The van der Waals surface area contributed by atoms with Crippen LogP contribution in [-0.2, 0) is 14.8 Å². The number of aromatic nitrogens is 2. The highest BCUT2D eigenvalue weighted by Gasteiger charge is 2.38. The third-order valence-corrected chi connectivity index (χ3v) is 5.25. The van der Waals surface area contributed by atoms with E-state index in [0.29, 0.717) is 19.1 Å². The van der Waals surface area contributed by atoms with Crippen molar-refractivity contribution >= 4 is 10.0 Å². The number of aromatic amines is 1. The van der Waals surface area contributed by atoms with E-state index >= 15 is 0 Å². The van der Waals surface area contributed by atoms with E-state index in [2.05, 4.69) is 10.2 Å². The molecule has 7 heteroatoms. The average molecular weight is 273 g/mol. The molecule has 102 valence electrons. The number of nitrogens with one attached hydrogen (secondary N) is 1. The lowest BCUT2D eigenvalue weighted by Crippen LogP contribution is -2.42. The molecule has 6 nitrogen and oxygen atoms in total. The molecule has 0 amide bonds. The van der Waals surface area contributed by atoms with E-state index in [1.807, 2.05) is 6.92 Å². The molecule has 1 atom stereocenters. The van der Waals surface area contributed by atoms with Crippen LogP contribution in [0.3, 0.4) is 0 Å². The van der Waals surface area contributed by atoms with Gasteiger partial charge in [0.15, 0.2) is 5.03 Å². The molecule has 1 unspecified atom stereocenters. The number of rotatable bonds is 7. The highest BCUT2D eigenvalue weighted by molar-refractivity contribution is 7.89. The summed E-state index contributed by atoms with van der Waals surface area (Å²) in [7, 11) is -1.93. The Morgan fingerprint density at radius 2 is 2.33 bits per heavy atom. The van der Waals surface area contributed by atoms with E-state index in [9.17, 15) is 8.42 Å². The van der Waals surface area contributed by atoms with Crippen LogP contribution in [0.15, 0.2) is 17.3 Å². The smallest absolute Gasteiger partial charge is 0.260 e. The number of methoxy groups -OCH3 is 1. The Morgan fingerprint density at radius 1 is 1.61 bits per heavy atom. The molecule has 0 aliphatic heterocycles. The summed E-state index contributed by atoms with van der Waals surface area (Å²) in [5, 5.41) is 6.38. The fourth-order valence-corrected chi connectivity index (χ4v) is 3.63. The van der Waals surface area contributed by atoms with E-state index in [0.717, 1.165) is 12.8 Å². The number of sulfonamides is 1. The number of nitrogens with zero attached hydrogens (tertiary/aromatic N) is 2. The minimum atomic E-state index is -3.50. The van der Waals surface area contributed by atoms with Crippen LogP contribution in [0, 0.1) is 5.92 Å². The van der Waals surface area contributed by atoms with Gasteiger partial charge in [-0.15, -0.1) is 0 Å². The maximum atomic E-state index is 12.5. The fourth-order valence-electron chi connectivity index (χ4n) is 2.05. The van der Waals surface area contributed by atoms with Gasteiger partial charge in [0.25, 0.3) is 10.0 Å². The van der Waals surface area contributed by atoms with Crippen molar-refractivity contribution in [2.24, 2.45) is 5.92 Å². The monoisotopic (exact) mass is 273 g/mol. The molecule has 18 heavy (non-hydrogen) atoms. The van der Waals surface area contributed by atoms with Crippen molar-refractivity contribution in [3.8, 4) is 0 Å². The molecular weight excluding hydrogens is 254 g/mol. The summed E-state index contributed by atoms with van der Waals surface area (Å²) in [6.07, 6.45) is 3.65. The van der Waals surface area contributed by atoms with Gasteiger partial charge in [-0.2, -0.15) is 9.40 Å². The van der Waals surface area contributed by atoms with Crippen molar-refractivity contribution in [1.82, 2.24) is 14.5 Å². The van der Waals surface area contributed by atoms with Gasteiger partial charge < -0.3 is 4.74 Å². The van der Waals surface area contributed by atoms with Gasteiger partial charge in [0.1, 0.15) is 0 Å². The van der Waals surface area contributed by atoms with E-state index < -0.39 is 10.0 Å². The molecule has 1 aliphatic rings. The number of hydrogen-bond acceptors (Lipinski definition) is 4. The molecule has 1 aromatic rings. The third kappa shape index (κ3) is 2.73. The van der Waals surface area contributed by atoms with E-state index in [1.165, 1.54) is 16.6 Å². The van der Waals surface area contributed by atoms with Gasteiger partial charge >= 0.3 is 0 Å². The maximum absolute atomic E-state index is 12.5. The quantitative estimate of drug-likeness (QED) is 0.799. The lowest BCUT2D eigenvalue weighted by atomic mass is 10.2. The van der Waals surface area contributed by atoms with Crippen molar-refractivity contribution in [3.63, 3.8) is 0 Å². The van der Waals surface area contributed by atoms with E-state index in [-0.39, 0.29) is 11.1 Å². The van der Waals surface area contributed by atoms with Crippen LogP contribution in [0.5, 0.6) is 0 Å². The summed E-state index contributed by atoms with van der Waals surface area (Å²) >= 11 is 0. The van der Waals surface area contributed by atoms with Crippen LogP contribution < -0.4 is 0 Å². The van der Waals surface area contributed by atoms with Crippen LogP contribution in [-0.4, -0.2) is 49.2 Å². The second kappa shape index (κ2) is 5.38. The second-order valence-electron chi connectivity index (χ2n) is 4.61. The van der Waals surface area contributed by atoms with Gasteiger partial charge in [-0.1, -0.05) is 0 Å². The van der Waals surface area contributed by atoms with Crippen molar-refractivity contribution in [1.29, 1.82) is 0 Å². The number of H-pyrrole nitrogens is 1. The molecule has 0 radical (unpaired) electrons.